The van der Waals surface area contributed by atoms with Gasteiger partial charge >= 0.3 is 0 Å². The molecular formula is C12H19IOSi. The van der Waals surface area contributed by atoms with Gasteiger partial charge in [-0.3, -0.25) is 0 Å². The van der Waals surface area contributed by atoms with Crippen molar-refractivity contribution in [1.29, 1.82) is 0 Å². The van der Waals surface area contributed by atoms with E-state index in [1.807, 2.05) is 0 Å². The Morgan fingerprint density at radius 2 is 2.00 bits per heavy atom. The van der Waals surface area contributed by atoms with Crippen LogP contribution in [0.5, 0.6) is 5.75 Å². The van der Waals surface area contributed by atoms with Gasteiger partial charge in [0.25, 0.3) is 0 Å². The molecule has 0 N–H and O–H groups in total. The van der Waals surface area contributed by atoms with Crippen molar-refractivity contribution in [3.05, 3.63) is 27.3 Å². The highest BCUT2D eigenvalue weighted by Gasteiger charge is 2.16. The minimum absolute atomic E-state index is 0.110. The van der Waals surface area contributed by atoms with Gasteiger partial charge in [-0.2, -0.15) is 0 Å². The largest absolute Gasteiger partial charge is 0.487 e. The Labute approximate surface area is 109 Å². The number of hydrogen-bond acceptors (Lipinski definition) is 1. The van der Waals surface area contributed by atoms with Gasteiger partial charge in [0.1, 0.15) is 11.4 Å². The summed E-state index contributed by atoms with van der Waals surface area (Å²) in [7, 11) is 1.25. The Morgan fingerprint density at radius 3 is 2.53 bits per heavy atom. The molecule has 0 heterocycles. The van der Waals surface area contributed by atoms with Gasteiger partial charge < -0.3 is 4.74 Å². The number of halogens is 1. The molecule has 1 aromatic rings. The summed E-state index contributed by atoms with van der Waals surface area (Å²) in [5.41, 5.74) is 1.24. The number of ether oxygens (including phenoxy) is 1. The highest BCUT2D eigenvalue weighted by atomic mass is 127. The molecule has 84 valence electrons. The van der Waals surface area contributed by atoms with E-state index in [0.717, 1.165) is 12.2 Å². The van der Waals surface area contributed by atoms with Crippen molar-refractivity contribution in [2.45, 2.75) is 38.8 Å². The van der Waals surface area contributed by atoms with Crippen LogP contribution in [0.3, 0.4) is 0 Å². The van der Waals surface area contributed by atoms with Crippen molar-refractivity contribution in [2.75, 3.05) is 0 Å². The first kappa shape index (κ1) is 13.0. The summed E-state index contributed by atoms with van der Waals surface area (Å²) >= 11 is 2.35. The second kappa shape index (κ2) is 5.34. The molecule has 15 heavy (non-hydrogen) atoms. The Balaban J connectivity index is 3.02. The average molecular weight is 334 g/mol. The monoisotopic (exact) mass is 334 g/mol. The minimum Gasteiger partial charge on any atom is -0.487 e. The van der Waals surface area contributed by atoms with Crippen LogP contribution in [0.15, 0.2) is 18.2 Å². The number of hydrogen-bond donors (Lipinski definition) is 0. The standard InChI is InChI=1S/C12H19IOSi/c1-12(2,3)14-11-9(7-8-15)5-4-6-10(11)13/h4-6H,7-8H2,1-3,15H3. The summed E-state index contributed by atoms with van der Waals surface area (Å²) in [5, 5.41) is 0. The third-order valence-corrected chi connectivity index (χ3v) is 3.33. The lowest BCUT2D eigenvalue weighted by atomic mass is 10.1. The number of para-hydroxylation sites is 1. The third kappa shape index (κ3) is 4.15. The van der Waals surface area contributed by atoms with Crippen molar-refractivity contribution < 1.29 is 4.74 Å². The predicted molar refractivity (Wildman–Crippen MR) is 78.0 cm³/mol. The van der Waals surface area contributed by atoms with E-state index in [2.05, 4.69) is 61.6 Å². The van der Waals surface area contributed by atoms with E-state index in [1.165, 1.54) is 25.4 Å². The average Bonchev–Trinajstić information content (AvgIpc) is 2.10. The molecule has 0 aromatic heterocycles. The van der Waals surface area contributed by atoms with E-state index in [4.69, 9.17) is 4.74 Å². The summed E-state index contributed by atoms with van der Waals surface area (Å²) < 4.78 is 7.24. The van der Waals surface area contributed by atoms with Crippen LogP contribution < -0.4 is 4.74 Å². The first-order valence-corrected chi connectivity index (χ1v) is 7.89. The Bertz CT molecular complexity index is 331. The predicted octanol–water partition coefficient (Wildman–Crippen LogP) is 2.79. The molecule has 0 saturated heterocycles. The second-order valence-corrected chi connectivity index (χ2v) is 6.85. The Hall–Kier alpha value is -0.0331. The summed E-state index contributed by atoms with van der Waals surface area (Å²) in [6.45, 7) is 6.29. The van der Waals surface area contributed by atoms with Crippen LogP contribution in [0.2, 0.25) is 6.04 Å². The van der Waals surface area contributed by atoms with E-state index < -0.39 is 0 Å². The zero-order valence-electron chi connectivity index (χ0n) is 9.93. The normalized spacial score (nSPS) is 11.7. The van der Waals surface area contributed by atoms with Crippen molar-refractivity contribution in [3.63, 3.8) is 0 Å². The van der Waals surface area contributed by atoms with E-state index in [-0.39, 0.29) is 5.60 Å². The van der Waals surface area contributed by atoms with Crippen molar-refractivity contribution in [1.82, 2.24) is 0 Å². The lowest BCUT2D eigenvalue weighted by molar-refractivity contribution is 0.128. The molecule has 0 amide bonds. The summed E-state index contributed by atoms with van der Waals surface area (Å²) in [4.78, 5) is 0. The van der Waals surface area contributed by atoms with Gasteiger partial charge in [0.05, 0.1) is 3.57 Å². The molecule has 0 fully saturated rings. The van der Waals surface area contributed by atoms with E-state index in [1.54, 1.807) is 0 Å². The van der Waals surface area contributed by atoms with Gasteiger partial charge in [0.15, 0.2) is 0 Å². The highest BCUT2D eigenvalue weighted by Crippen LogP contribution is 2.29. The molecule has 0 spiro atoms. The van der Waals surface area contributed by atoms with Gasteiger partial charge in [-0.25, -0.2) is 0 Å². The minimum atomic E-state index is -0.110. The Morgan fingerprint density at radius 1 is 1.33 bits per heavy atom. The van der Waals surface area contributed by atoms with Crippen LogP contribution in [-0.4, -0.2) is 15.8 Å². The van der Waals surface area contributed by atoms with Crippen molar-refractivity contribution in [3.8, 4) is 5.75 Å². The van der Waals surface area contributed by atoms with Gasteiger partial charge in [-0.05, 0) is 61.4 Å². The lowest BCUT2D eigenvalue weighted by Crippen LogP contribution is -2.24. The quantitative estimate of drug-likeness (QED) is 0.610. The molecule has 3 heteroatoms. The zero-order valence-corrected chi connectivity index (χ0v) is 14.1. The summed E-state index contributed by atoms with van der Waals surface area (Å²) in [6.07, 6.45) is 1.15. The van der Waals surface area contributed by atoms with Gasteiger partial charge in [-0.15, -0.1) is 0 Å². The number of rotatable bonds is 3. The van der Waals surface area contributed by atoms with E-state index in [0.29, 0.717) is 0 Å². The third-order valence-electron chi connectivity index (χ3n) is 1.98. The fraction of sp³-hybridized carbons (Fsp3) is 0.500. The van der Waals surface area contributed by atoms with E-state index in [9.17, 15) is 0 Å². The molecule has 1 rings (SSSR count). The fourth-order valence-corrected chi connectivity index (χ4v) is 2.64. The van der Waals surface area contributed by atoms with Crippen LogP contribution in [0, 0.1) is 3.57 Å². The van der Waals surface area contributed by atoms with E-state index >= 15 is 0 Å². The first-order valence-electron chi connectivity index (χ1n) is 5.40. The van der Waals surface area contributed by atoms with Crippen LogP contribution >= 0.6 is 22.6 Å². The number of benzene rings is 1. The molecule has 0 aliphatic rings. The highest BCUT2D eigenvalue weighted by molar-refractivity contribution is 14.1. The molecule has 0 radical (unpaired) electrons. The SMILES string of the molecule is CC(C)(C)Oc1c(I)cccc1CC[SiH3]. The Kier molecular flexibility index (Phi) is 4.64. The van der Waals surface area contributed by atoms with Crippen LogP contribution in [0.4, 0.5) is 0 Å². The van der Waals surface area contributed by atoms with Crippen LogP contribution in [0.25, 0.3) is 0 Å². The second-order valence-electron chi connectivity index (χ2n) is 4.69. The molecule has 0 saturated carbocycles. The molecular weight excluding hydrogens is 315 g/mol. The topological polar surface area (TPSA) is 9.23 Å². The summed E-state index contributed by atoms with van der Waals surface area (Å²) in [6, 6.07) is 7.70. The number of aryl methyl sites for hydroxylation is 1. The molecule has 0 atom stereocenters. The maximum Gasteiger partial charge on any atom is 0.136 e. The van der Waals surface area contributed by atoms with Gasteiger partial charge in [-0.1, -0.05) is 18.2 Å². The smallest absolute Gasteiger partial charge is 0.136 e. The maximum absolute atomic E-state index is 6.02. The molecule has 1 nitrogen and oxygen atoms in total. The van der Waals surface area contributed by atoms with Crippen LogP contribution in [0.1, 0.15) is 26.3 Å². The van der Waals surface area contributed by atoms with Crippen molar-refractivity contribution >= 4 is 32.8 Å². The van der Waals surface area contributed by atoms with Gasteiger partial charge in [0, 0.05) is 10.2 Å². The molecule has 0 aliphatic heterocycles. The lowest BCUT2D eigenvalue weighted by Gasteiger charge is -2.24. The van der Waals surface area contributed by atoms with Gasteiger partial charge in [0.2, 0.25) is 0 Å². The first-order chi connectivity index (χ1) is 6.94. The molecule has 0 aliphatic carbocycles. The maximum atomic E-state index is 6.02. The van der Waals surface area contributed by atoms with Crippen molar-refractivity contribution in [2.24, 2.45) is 0 Å². The summed E-state index contributed by atoms with van der Waals surface area (Å²) in [5.74, 6) is 1.08. The zero-order chi connectivity index (χ0) is 11.5. The fourth-order valence-electron chi connectivity index (χ4n) is 1.44. The van der Waals surface area contributed by atoms with Crippen LogP contribution in [-0.2, 0) is 6.42 Å². The molecule has 1 aromatic carbocycles. The molecule has 0 bridgehead atoms. The molecule has 0 unspecified atom stereocenters.